The van der Waals surface area contributed by atoms with Crippen LogP contribution in [0, 0.1) is 0 Å². The van der Waals surface area contributed by atoms with Crippen molar-refractivity contribution in [3.63, 3.8) is 0 Å². The van der Waals surface area contributed by atoms with Crippen LogP contribution in [0.15, 0.2) is 36.4 Å². The number of carbonyl (C=O) groups excluding carboxylic acids is 2. The molecule has 0 spiro atoms. The third kappa shape index (κ3) is 3.32. The van der Waals surface area contributed by atoms with E-state index in [4.69, 9.17) is 4.74 Å². The summed E-state index contributed by atoms with van der Waals surface area (Å²) in [6, 6.07) is 7.53. The number of hydrogen-bond donors (Lipinski definition) is 1. The van der Waals surface area contributed by atoms with Crippen molar-refractivity contribution >= 4 is 23.1 Å². The Morgan fingerprint density at radius 3 is 2.72 bits per heavy atom. The Hall–Kier alpha value is -3.70. The molecule has 0 bridgehead atoms. The minimum atomic E-state index is -4.70. The number of amides is 2. The van der Waals surface area contributed by atoms with Gasteiger partial charge in [-0.25, -0.2) is 0 Å². The molecule has 0 fully saturated rings. The molecule has 0 saturated carbocycles. The van der Waals surface area contributed by atoms with Crippen LogP contribution in [-0.4, -0.2) is 51.3 Å². The van der Waals surface area contributed by atoms with Gasteiger partial charge in [-0.15, -0.1) is 10.2 Å². The zero-order valence-electron chi connectivity index (χ0n) is 14.8. The van der Waals surface area contributed by atoms with Crippen molar-refractivity contribution < 1.29 is 27.5 Å². The van der Waals surface area contributed by atoms with E-state index in [1.165, 1.54) is 11.9 Å². The van der Waals surface area contributed by atoms with Crippen molar-refractivity contribution in [3.8, 4) is 5.75 Å². The standard InChI is InChI=1S/C17H13F3N6O3/c1-25-10-4-2-3-5-11(10)29-8-9(16(25)28)21-15(27)14-23-22-13-7-6-12(17(18,19)20)24-26(13)14/h2-7,9H,8H2,1H3,(H,21,27)/t9-/m0/s1. The predicted molar refractivity (Wildman–Crippen MR) is 92.4 cm³/mol. The number of rotatable bonds is 2. The Balaban J connectivity index is 1.61. The van der Waals surface area contributed by atoms with Gasteiger partial charge in [0, 0.05) is 7.05 Å². The van der Waals surface area contributed by atoms with Gasteiger partial charge >= 0.3 is 6.18 Å². The Kier molecular flexibility index (Phi) is 4.32. The summed E-state index contributed by atoms with van der Waals surface area (Å²) in [7, 11) is 1.53. The molecule has 9 nitrogen and oxygen atoms in total. The van der Waals surface area contributed by atoms with E-state index in [1.807, 2.05) is 0 Å². The lowest BCUT2D eigenvalue weighted by atomic mass is 10.2. The maximum atomic E-state index is 12.9. The van der Waals surface area contributed by atoms with Crippen molar-refractivity contribution in [2.24, 2.45) is 0 Å². The van der Waals surface area contributed by atoms with Gasteiger partial charge in [0.25, 0.3) is 11.8 Å². The number of hydrogen-bond acceptors (Lipinski definition) is 6. The molecule has 1 N–H and O–H groups in total. The van der Waals surface area contributed by atoms with Gasteiger partial charge in [0.05, 0.1) is 5.69 Å². The summed E-state index contributed by atoms with van der Waals surface area (Å²) in [5.74, 6) is -1.39. The van der Waals surface area contributed by atoms with Gasteiger partial charge in [-0.3, -0.25) is 9.59 Å². The van der Waals surface area contributed by atoms with E-state index in [0.29, 0.717) is 16.0 Å². The first-order valence-corrected chi connectivity index (χ1v) is 8.35. The SMILES string of the molecule is CN1C(=O)[C@@H](NC(=O)c2nnc3ccc(C(F)(F)F)nn23)COc2ccccc21. The predicted octanol–water partition coefficient (Wildman–Crippen LogP) is 1.30. The number of para-hydroxylation sites is 2. The number of fused-ring (bicyclic) bond motifs is 2. The molecule has 1 aromatic carbocycles. The van der Waals surface area contributed by atoms with E-state index < -0.39 is 35.6 Å². The van der Waals surface area contributed by atoms with Gasteiger partial charge in [0.15, 0.2) is 11.3 Å². The Morgan fingerprint density at radius 1 is 1.21 bits per heavy atom. The first-order valence-electron chi connectivity index (χ1n) is 8.35. The zero-order valence-corrected chi connectivity index (χ0v) is 14.8. The second-order valence-electron chi connectivity index (χ2n) is 6.21. The fourth-order valence-electron chi connectivity index (χ4n) is 2.86. The summed E-state index contributed by atoms with van der Waals surface area (Å²) in [6.45, 7) is -0.163. The summed E-state index contributed by atoms with van der Waals surface area (Å²) in [5.41, 5.74) is -0.724. The van der Waals surface area contributed by atoms with Gasteiger partial charge in [0.1, 0.15) is 18.4 Å². The fraction of sp³-hybridized carbons (Fsp3) is 0.235. The van der Waals surface area contributed by atoms with Gasteiger partial charge < -0.3 is 15.0 Å². The van der Waals surface area contributed by atoms with E-state index in [1.54, 1.807) is 24.3 Å². The molecule has 29 heavy (non-hydrogen) atoms. The van der Waals surface area contributed by atoms with E-state index >= 15 is 0 Å². The molecular weight excluding hydrogens is 393 g/mol. The minimum Gasteiger partial charge on any atom is -0.489 e. The molecule has 0 unspecified atom stereocenters. The number of nitrogens with zero attached hydrogens (tertiary/aromatic N) is 5. The summed E-state index contributed by atoms with van der Waals surface area (Å²) >= 11 is 0. The van der Waals surface area contributed by atoms with Crippen molar-refractivity contribution in [2.45, 2.75) is 12.2 Å². The van der Waals surface area contributed by atoms with Crippen LogP contribution in [0.5, 0.6) is 5.75 Å². The lowest BCUT2D eigenvalue weighted by Gasteiger charge is -2.20. The van der Waals surface area contributed by atoms with E-state index in [2.05, 4.69) is 20.6 Å². The van der Waals surface area contributed by atoms with Crippen LogP contribution < -0.4 is 15.0 Å². The number of alkyl halides is 3. The summed E-state index contributed by atoms with van der Waals surface area (Å²) < 4.78 is 45.0. The molecule has 0 aliphatic carbocycles. The van der Waals surface area contributed by atoms with Gasteiger partial charge in [-0.05, 0) is 24.3 Å². The Morgan fingerprint density at radius 2 is 1.97 bits per heavy atom. The van der Waals surface area contributed by atoms with Gasteiger partial charge in [-0.2, -0.15) is 22.8 Å². The molecule has 2 aromatic heterocycles. The third-order valence-corrected chi connectivity index (χ3v) is 4.32. The quantitative estimate of drug-likeness (QED) is 0.688. The summed E-state index contributed by atoms with van der Waals surface area (Å²) in [4.78, 5) is 26.6. The number of carbonyl (C=O) groups is 2. The first kappa shape index (κ1) is 18.7. The highest BCUT2D eigenvalue weighted by molar-refractivity contribution is 6.02. The molecule has 3 heterocycles. The molecule has 1 atom stereocenters. The molecule has 3 aromatic rings. The molecule has 0 saturated heterocycles. The molecule has 12 heteroatoms. The summed E-state index contributed by atoms with van der Waals surface area (Å²) in [5, 5.41) is 13.0. The number of likely N-dealkylation sites (N-methyl/N-ethyl adjacent to an activating group) is 1. The lowest BCUT2D eigenvalue weighted by molar-refractivity contribution is -0.141. The first-order chi connectivity index (χ1) is 13.8. The van der Waals surface area contributed by atoms with Crippen LogP contribution in [0.2, 0.25) is 0 Å². The topological polar surface area (TPSA) is 102 Å². The number of benzene rings is 1. The largest absolute Gasteiger partial charge is 0.489 e. The molecule has 4 rings (SSSR count). The molecule has 150 valence electrons. The lowest BCUT2D eigenvalue weighted by Crippen LogP contribution is -2.49. The van der Waals surface area contributed by atoms with Crippen molar-refractivity contribution in [2.75, 3.05) is 18.6 Å². The second kappa shape index (κ2) is 6.72. The second-order valence-corrected chi connectivity index (χ2v) is 6.21. The molecule has 0 radical (unpaired) electrons. The fourth-order valence-corrected chi connectivity index (χ4v) is 2.86. The van der Waals surface area contributed by atoms with Crippen LogP contribution in [0.4, 0.5) is 18.9 Å². The monoisotopic (exact) mass is 406 g/mol. The number of anilines is 1. The maximum absolute atomic E-state index is 12.9. The number of aromatic nitrogens is 4. The van der Waals surface area contributed by atoms with E-state index in [9.17, 15) is 22.8 Å². The minimum absolute atomic E-state index is 0.0453. The van der Waals surface area contributed by atoms with Gasteiger partial charge in [-0.1, -0.05) is 12.1 Å². The van der Waals surface area contributed by atoms with Crippen molar-refractivity contribution in [1.82, 2.24) is 25.1 Å². The van der Waals surface area contributed by atoms with Crippen LogP contribution in [0.1, 0.15) is 16.3 Å². The van der Waals surface area contributed by atoms with Crippen LogP contribution in [0.25, 0.3) is 5.65 Å². The molecule has 1 aliphatic heterocycles. The van der Waals surface area contributed by atoms with Crippen LogP contribution in [0.3, 0.4) is 0 Å². The highest BCUT2D eigenvalue weighted by atomic mass is 19.4. The Bertz CT molecular complexity index is 1110. The van der Waals surface area contributed by atoms with E-state index in [0.717, 1.165) is 12.1 Å². The van der Waals surface area contributed by atoms with Gasteiger partial charge in [0.2, 0.25) is 5.82 Å². The highest BCUT2D eigenvalue weighted by Gasteiger charge is 2.35. The molecule has 2 amide bonds. The third-order valence-electron chi connectivity index (χ3n) is 4.32. The number of nitrogens with one attached hydrogen (secondary N) is 1. The normalized spacial score (nSPS) is 16.9. The number of halogens is 3. The van der Waals surface area contributed by atoms with Crippen LogP contribution in [-0.2, 0) is 11.0 Å². The molecule has 1 aliphatic rings. The van der Waals surface area contributed by atoms with Crippen LogP contribution >= 0.6 is 0 Å². The van der Waals surface area contributed by atoms with E-state index in [-0.39, 0.29) is 12.3 Å². The average Bonchev–Trinajstić information content (AvgIpc) is 3.08. The maximum Gasteiger partial charge on any atom is 0.435 e. The highest BCUT2D eigenvalue weighted by Crippen LogP contribution is 2.30. The summed E-state index contributed by atoms with van der Waals surface area (Å²) in [6.07, 6.45) is -4.70. The smallest absolute Gasteiger partial charge is 0.435 e. The average molecular weight is 406 g/mol. The van der Waals surface area contributed by atoms with Crippen molar-refractivity contribution in [3.05, 3.63) is 47.9 Å². The molecular formula is C17H13F3N6O3. The zero-order chi connectivity index (χ0) is 20.8. The Labute approximate surface area is 161 Å². The number of ether oxygens (including phenoxy) is 1. The van der Waals surface area contributed by atoms with Crippen molar-refractivity contribution in [1.29, 1.82) is 0 Å².